The van der Waals surface area contributed by atoms with E-state index in [1.54, 1.807) is 0 Å². The lowest BCUT2D eigenvalue weighted by Crippen LogP contribution is -2.22. The molecule has 0 unspecified atom stereocenters. The SMILES string of the molecule is C[C@H](Sc1ccc2c(c1)OCCO2)C(=O)Nc1ccccc1. The van der Waals surface area contributed by atoms with Crippen LogP contribution in [0.25, 0.3) is 0 Å². The maximum atomic E-state index is 12.2. The van der Waals surface area contributed by atoms with Gasteiger partial charge in [0.05, 0.1) is 5.25 Å². The molecule has 1 N–H and O–H groups in total. The molecule has 1 atom stereocenters. The summed E-state index contributed by atoms with van der Waals surface area (Å²) in [6.45, 7) is 3.03. The molecule has 0 radical (unpaired) electrons. The number of nitrogens with one attached hydrogen (secondary N) is 1. The molecule has 3 rings (SSSR count). The van der Waals surface area contributed by atoms with E-state index in [0.717, 1.165) is 22.1 Å². The molecule has 22 heavy (non-hydrogen) atoms. The topological polar surface area (TPSA) is 47.6 Å². The molecule has 0 aliphatic carbocycles. The highest BCUT2D eigenvalue weighted by molar-refractivity contribution is 8.00. The number of hydrogen-bond acceptors (Lipinski definition) is 4. The minimum absolute atomic E-state index is 0.0221. The van der Waals surface area contributed by atoms with Crippen molar-refractivity contribution in [3.8, 4) is 11.5 Å². The van der Waals surface area contributed by atoms with E-state index in [4.69, 9.17) is 9.47 Å². The summed E-state index contributed by atoms with van der Waals surface area (Å²) in [5.41, 5.74) is 0.808. The van der Waals surface area contributed by atoms with Crippen LogP contribution in [0.2, 0.25) is 0 Å². The molecule has 1 heterocycles. The van der Waals surface area contributed by atoms with E-state index in [1.165, 1.54) is 11.8 Å². The largest absolute Gasteiger partial charge is 0.486 e. The lowest BCUT2D eigenvalue weighted by molar-refractivity contribution is -0.115. The van der Waals surface area contributed by atoms with Gasteiger partial charge in [-0.05, 0) is 37.3 Å². The van der Waals surface area contributed by atoms with Gasteiger partial charge < -0.3 is 14.8 Å². The predicted octanol–water partition coefficient (Wildman–Crippen LogP) is 3.58. The maximum absolute atomic E-state index is 12.2. The van der Waals surface area contributed by atoms with Gasteiger partial charge >= 0.3 is 0 Å². The first kappa shape index (κ1) is 14.8. The predicted molar refractivity (Wildman–Crippen MR) is 87.8 cm³/mol. The summed E-state index contributed by atoms with van der Waals surface area (Å²) in [6.07, 6.45) is 0. The molecule has 114 valence electrons. The van der Waals surface area contributed by atoms with E-state index in [9.17, 15) is 4.79 Å². The van der Waals surface area contributed by atoms with Gasteiger partial charge in [-0.3, -0.25) is 4.79 Å². The average Bonchev–Trinajstić information content (AvgIpc) is 2.55. The zero-order valence-electron chi connectivity index (χ0n) is 12.2. The number of amides is 1. The summed E-state index contributed by atoms with van der Waals surface area (Å²) in [4.78, 5) is 13.2. The highest BCUT2D eigenvalue weighted by atomic mass is 32.2. The van der Waals surface area contributed by atoms with E-state index < -0.39 is 0 Å². The molecule has 0 saturated carbocycles. The molecule has 2 aromatic rings. The zero-order chi connectivity index (χ0) is 15.4. The van der Waals surface area contributed by atoms with Gasteiger partial charge in [0, 0.05) is 10.6 Å². The third-order valence-corrected chi connectivity index (χ3v) is 4.33. The highest BCUT2D eigenvalue weighted by Gasteiger charge is 2.17. The molecule has 0 aromatic heterocycles. The Bertz CT molecular complexity index is 660. The first-order valence-corrected chi connectivity index (χ1v) is 8.02. The minimum atomic E-state index is -0.206. The lowest BCUT2D eigenvalue weighted by atomic mass is 10.3. The van der Waals surface area contributed by atoms with Crippen LogP contribution in [0.1, 0.15) is 6.92 Å². The standard InChI is InChI=1S/C17H17NO3S/c1-12(17(19)18-13-5-3-2-4-6-13)22-14-7-8-15-16(11-14)21-10-9-20-15/h2-8,11-12H,9-10H2,1H3,(H,18,19)/t12-/m0/s1. The Morgan fingerprint density at radius 3 is 2.59 bits per heavy atom. The van der Waals surface area contributed by atoms with Crippen LogP contribution in [0.3, 0.4) is 0 Å². The summed E-state index contributed by atoms with van der Waals surface area (Å²) in [7, 11) is 0. The fourth-order valence-corrected chi connectivity index (χ4v) is 3.02. The van der Waals surface area contributed by atoms with E-state index in [0.29, 0.717) is 13.2 Å². The summed E-state index contributed by atoms with van der Waals surface area (Å²) < 4.78 is 11.1. The number of ether oxygens (including phenoxy) is 2. The molecular formula is C17H17NO3S. The van der Waals surface area contributed by atoms with Crippen molar-refractivity contribution in [1.82, 2.24) is 0 Å². The zero-order valence-corrected chi connectivity index (χ0v) is 13.1. The van der Waals surface area contributed by atoms with Crippen molar-refractivity contribution in [1.29, 1.82) is 0 Å². The molecule has 4 nitrogen and oxygen atoms in total. The maximum Gasteiger partial charge on any atom is 0.237 e. The van der Waals surface area contributed by atoms with E-state index in [-0.39, 0.29) is 11.2 Å². The smallest absolute Gasteiger partial charge is 0.237 e. The van der Waals surface area contributed by atoms with Crippen molar-refractivity contribution in [2.24, 2.45) is 0 Å². The number of carbonyl (C=O) groups excluding carboxylic acids is 1. The summed E-state index contributed by atoms with van der Waals surface area (Å²) in [6, 6.07) is 15.2. The Labute approximate surface area is 133 Å². The third kappa shape index (κ3) is 3.54. The third-order valence-electron chi connectivity index (χ3n) is 3.24. The van der Waals surface area contributed by atoms with Crippen molar-refractivity contribution in [2.75, 3.05) is 18.5 Å². The molecule has 0 bridgehead atoms. The van der Waals surface area contributed by atoms with Crippen LogP contribution in [-0.4, -0.2) is 24.4 Å². The van der Waals surface area contributed by atoms with Gasteiger partial charge in [-0.25, -0.2) is 0 Å². The van der Waals surface area contributed by atoms with Gasteiger partial charge in [0.15, 0.2) is 11.5 Å². The summed E-state index contributed by atoms with van der Waals surface area (Å²) in [5, 5.41) is 2.70. The average molecular weight is 315 g/mol. The second-order valence-electron chi connectivity index (χ2n) is 4.92. The molecule has 0 saturated heterocycles. The molecule has 1 aliphatic heterocycles. The number of fused-ring (bicyclic) bond motifs is 1. The number of anilines is 1. The summed E-state index contributed by atoms with van der Waals surface area (Å²) in [5.74, 6) is 1.48. The molecule has 1 aliphatic rings. The van der Waals surface area contributed by atoms with Crippen LogP contribution >= 0.6 is 11.8 Å². The second kappa shape index (κ2) is 6.75. The molecule has 1 amide bonds. The first-order valence-electron chi connectivity index (χ1n) is 7.14. The van der Waals surface area contributed by atoms with Crippen molar-refractivity contribution >= 4 is 23.4 Å². The number of para-hydroxylation sites is 1. The van der Waals surface area contributed by atoms with Crippen LogP contribution in [0.4, 0.5) is 5.69 Å². The Morgan fingerprint density at radius 2 is 1.82 bits per heavy atom. The highest BCUT2D eigenvalue weighted by Crippen LogP contribution is 2.35. The Kier molecular flexibility index (Phi) is 4.53. The lowest BCUT2D eigenvalue weighted by Gasteiger charge is -2.19. The first-order chi connectivity index (χ1) is 10.7. The quantitative estimate of drug-likeness (QED) is 0.876. The normalized spacial score (nSPS) is 14.2. The van der Waals surface area contributed by atoms with Gasteiger partial charge in [-0.2, -0.15) is 0 Å². The number of thioether (sulfide) groups is 1. The molecule has 0 spiro atoms. The Hall–Kier alpha value is -2.14. The van der Waals surface area contributed by atoms with Crippen molar-refractivity contribution < 1.29 is 14.3 Å². The molecular weight excluding hydrogens is 298 g/mol. The number of hydrogen-bond donors (Lipinski definition) is 1. The fraction of sp³-hybridized carbons (Fsp3) is 0.235. The van der Waals surface area contributed by atoms with Gasteiger partial charge in [-0.1, -0.05) is 18.2 Å². The van der Waals surface area contributed by atoms with Crippen LogP contribution in [0.15, 0.2) is 53.4 Å². The van der Waals surface area contributed by atoms with E-state index >= 15 is 0 Å². The van der Waals surface area contributed by atoms with Gasteiger partial charge in [-0.15, -0.1) is 11.8 Å². The van der Waals surface area contributed by atoms with Crippen molar-refractivity contribution in [3.05, 3.63) is 48.5 Å². The van der Waals surface area contributed by atoms with Crippen LogP contribution < -0.4 is 14.8 Å². The van der Waals surface area contributed by atoms with Crippen LogP contribution in [-0.2, 0) is 4.79 Å². The number of carbonyl (C=O) groups is 1. The monoisotopic (exact) mass is 315 g/mol. The van der Waals surface area contributed by atoms with E-state index in [1.807, 2.05) is 55.5 Å². The molecule has 5 heteroatoms. The van der Waals surface area contributed by atoms with E-state index in [2.05, 4.69) is 5.32 Å². The second-order valence-corrected chi connectivity index (χ2v) is 6.34. The Balaban J connectivity index is 1.63. The minimum Gasteiger partial charge on any atom is -0.486 e. The summed E-state index contributed by atoms with van der Waals surface area (Å²) >= 11 is 1.50. The fourth-order valence-electron chi connectivity index (χ4n) is 2.12. The number of benzene rings is 2. The van der Waals surface area contributed by atoms with Gasteiger partial charge in [0.25, 0.3) is 0 Å². The van der Waals surface area contributed by atoms with Gasteiger partial charge in [0.1, 0.15) is 13.2 Å². The molecule has 2 aromatic carbocycles. The van der Waals surface area contributed by atoms with Crippen molar-refractivity contribution in [3.63, 3.8) is 0 Å². The molecule has 0 fully saturated rings. The van der Waals surface area contributed by atoms with Crippen molar-refractivity contribution in [2.45, 2.75) is 17.1 Å². The number of rotatable bonds is 4. The van der Waals surface area contributed by atoms with Crippen LogP contribution in [0.5, 0.6) is 11.5 Å². The van der Waals surface area contributed by atoms with Gasteiger partial charge in [0.2, 0.25) is 5.91 Å². The Morgan fingerprint density at radius 1 is 1.09 bits per heavy atom. The van der Waals surface area contributed by atoms with Crippen LogP contribution in [0, 0.1) is 0 Å².